The number of rotatable bonds is 14. The van der Waals surface area contributed by atoms with Crippen LogP contribution in [0.3, 0.4) is 0 Å². The quantitative estimate of drug-likeness (QED) is 0.280. The number of nitrogens with one attached hydrogen (secondary N) is 2. The van der Waals surface area contributed by atoms with E-state index in [0.29, 0.717) is 25.7 Å². The SMILES string of the molecule is CCCC[C@H](NC(=O)CN(CC(=O)OC(C)(C)C)C(=O)N[C@@H](CCCC)C(=O)OC)C(=O)OC. The molecule has 0 spiro atoms. The fourth-order valence-electron chi connectivity index (χ4n) is 2.98. The average Bonchev–Trinajstić information content (AvgIpc) is 2.76. The highest BCUT2D eigenvalue weighted by Crippen LogP contribution is 2.09. The van der Waals surface area contributed by atoms with Crippen LogP contribution in [0.2, 0.25) is 0 Å². The van der Waals surface area contributed by atoms with Crippen LogP contribution in [0.15, 0.2) is 0 Å². The van der Waals surface area contributed by atoms with E-state index in [1.165, 1.54) is 14.2 Å². The molecule has 0 aromatic heterocycles. The average molecular weight is 488 g/mol. The Balaban J connectivity index is 5.56. The molecule has 0 saturated carbocycles. The highest BCUT2D eigenvalue weighted by atomic mass is 16.6. The highest BCUT2D eigenvalue weighted by Gasteiger charge is 2.29. The molecule has 0 rings (SSSR count). The second-order valence-corrected chi connectivity index (χ2v) is 8.90. The van der Waals surface area contributed by atoms with Gasteiger partial charge in [-0.25, -0.2) is 14.4 Å². The van der Waals surface area contributed by atoms with Crippen molar-refractivity contribution in [3.8, 4) is 0 Å². The van der Waals surface area contributed by atoms with Crippen molar-refractivity contribution in [1.82, 2.24) is 15.5 Å². The molecule has 0 heterocycles. The Morgan fingerprint density at radius 3 is 1.68 bits per heavy atom. The summed E-state index contributed by atoms with van der Waals surface area (Å²) in [6.07, 6.45) is 3.64. The summed E-state index contributed by atoms with van der Waals surface area (Å²) in [5, 5.41) is 5.08. The third-order valence-electron chi connectivity index (χ3n) is 4.66. The van der Waals surface area contributed by atoms with Gasteiger partial charge in [0.15, 0.2) is 0 Å². The Morgan fingerprint density at radius 1 is 0.794 bits per heavy atom. The second-order valence-electron chi connectivity index (χ2n) is 8.90. The zero-order chi connectivity index (χ0) is 26.3. The molecule has 0 saturated heterocycles. The van der Waals surface area contributed by atoms with Crippen LogP contribution in [-0.2, 0) is 33.4 Å². The van der Waals surface area contributed by atoms with Gasteiger partial charge in [-0.15, -0.1) is 0 Å². The van der Waals surface area contributed by atoms with E-state index < -0.39 is 60.6 Å². The highest BCUT2D eigenvalue weighted by molar-refractivity contribution is 5.91. The molecule has 0 aliphatic heterocycles. The number of amides is 3. The van der Waals surface area contributed by atoms with Crippen molar-refractivity contribution < 1.29 is 38.2 Å². The van der Waals surface area contributed by atoms with Gasteiger partial charge in [-0.3, -0.25) is 9.59 Å². The summed E-state index contributed by atoms with van der Waals surface area (Å²) in [5.41, 5.74) is -0.798. The summed E-state index contributed by atoms with van der Waals surface area (Å²) in [5.74, 6) is -2.62. The molecule has 196 valence electrons. The van der Waals surface area contributed by atoms with E-state index >= 15 is 0 Å². The minimum absolute atomic E-state index is 0.336. The number of nitrogens with zero attached hydrogens (tertiary/aromatic N) is 1. The maximum Gasteiger partial charge on any atom is 0.328 e. The third-order valence-corrected chi connectivity index (χ3v) is 4.66. The first-order chi connectivity index (χ1) is 15.9. The van der Waals surface area contributed by atoms with E-state index in [1.807, 2.05) is 13.8 Å². The molecular weight excluding hydrogens is 446 g/mol. The summed E-state index contributed by atoms with van der Waals surface area (Å²) in [6, 6.07) is -2.62. The van der Waals surface area contributed by atoms with Crippen LogP contribution in [-0.4, -0.2) is 79.7 Å². The van der Waals surface area contributed by atoms with Crippen molar-refractivity contribution in [1.29, 1.82) is 0 Å². The van der Waals surface area contributed by atoms with Gasteiger partial charge in [-0.05, 0) is 33.6 Å². The summed E-state index contributed by atoms with van der Waals surface area (Å²) >= 11 is 0. The van der Waals surface area contributed by atoms with Gasteiger partial charge in [-0.1, -0.05) is 39.5 Å². The van der Waals surface area contributed by atoms with E-state index in [0.717, 1.165) is 17.7 Å². The molecule has 11 nitrogen and oxygen atoms in total. The van der Waals surface area contributed by atoms with Gasteiger partial charge in [0, 0.05) is 0 Å². The summed E-state index contributed by atoms with van der Waals surface area (Å²) in [6.45, 7) is 7.84. The van der Waals surface area contributed by atoms with Crippen molar-refractivity contribution in [3.05, 3.63) is 0 Å². The van der Waals surface area contributed by atoms with Gasteiger partial charge in [0.05, 0.1) is 14.2 Å². The standard InChI is InChI=1S/C23H41N3O8/c1-8-10-12-16(20(29)32-6)24-18(27)14-26(15-19(28)34-23(3,4)5)22(31)25-17(13-11-9-2)21(30)33-7/h16-17H,8-15H2,1-7H3,(H,24,27)(H,25,31)/t16-,17-/m0/s1. The molecule has 34 heavy (non-hydrogen) atoms. The molecule has 0 bridgehead atoms. The number of methoxy groups -OCH3 is 2. The number of esters is 3. The van der Waals surface area contributed by atoms with Crippen LogP contribution < -0.4 is 10.6 Å². The fraction of sp³-hybridized carbons (Fsp3) is 0.783. The molecule has 0 radical (unpaired) electrons. The van der Waals surface area contributed by atoms with Crippen LogP contribution in [0.5, 0.6) is 0 Å². The van der Waals surface area contributed by atoms with Crippen molar-refractivity contribution >= 4 is 29.8 Å². The van der Waals surface area contributed by atoms with Gasteiger partial charge >= 0.3 is 23.9 Å². The maximum absolute atomic E-state index is 12.9. The predicted octanol–water partition coefficient (Wildman–Crippen LogP) is 1.92. The van der Waals surface area contributed by atoms with Crippen LogP contribution >= 0.6 is 0 Å². The predicted molar refractivity (Wildman–Crippen MR) is 125 cm³/mol. The van der Waals surface area contributed by atoms with Gasteiger partial charge in [-0.2, -0.15) is 0 Å². The first-order valence-corrected chi connectivity index (χ1v) is 11.6. The Labute approximate surface area is 202 Å². The van der Waals surface area contributed by atoms with Crippen molar-refractivity contribution in [2.45, 2.75) is 90.8 Å². The van der Waals surface area contributed by atoms with E-state index in [-0.39, 0.29) is 0 Å². The number of hydrogen-bond donors (Lipinski definition) is 2. The van der Waals surface area contributed by atoms with E-state index in [2.05, 4.69) is 10.6 Å². The largest absolute Gasteiger partial charge is 0.467 e. The molecule has 2 N–H and O–H groups in total. The molecule has 0 unspecified atom stereocenters. The Hall–Kier alpha value is -2.85. The summed E-state index contributed by atoms with van der Waals surface area (Å²) in [4.78, 5) is 63.0. The summed E-state index contributed by atoms with van der Waals surface area (Å²) in [7, 11) is 2.43. The van der Waals surface area contributed by atoms with Crippen LogP contribution in [0.1, 0.15) is 73.1 Å². The third kappa shape index (κ3) is 13.0. The first-order valence-electron chi connectivity index (χ1n) is 11.6. The van der Waals surface area contributed by atoms with Crippen molar-refractivity contribution in [2.24, 2.45) is 0 Å². The Bertz CT molecular complexity index is 690. The molecule has 11 heteroatoms. The lowest BCUT2D eigenvalue weighted by atomic mass is 10.1. The lowest BCUT2D eigenvalue weighted by molar-refractivity contribution is -0.155. The Morgan fingerprint density at radius 2 is 1.26 bits per heavy atom. The molecule has 0 aliphatic carbocycles. The Kier molecular flexibility index (Phi) is 14.6. The number of urea groups is 1. The number of carbonyl (C=O) groups excluding carboxylic acids is 5. The lowest BCUT2D eigenvalue weighted by Crippen LogP contribution is -2.54. The molecule has 0 aromatic rings. The number of hydrogen-bond acceptors (Lipinski definition) is 8. The minimum atomic E-state index is -0.936. The fourth-order valence-corrected chi connectivity index (χ4v) is 2.98. The molecule has 0 fully saturated rings. The lowest BCUT2D eigenvalue weighted by Gasteiger charge is -2.27. The summed E-state index contributed by atoms with van der Waals surface area (Å²) < 4.78 is 14.8. The maximum atomic E-state index is 12.9. The van der Waals surface area contributed by atoms with E-state index in [9.17, 15) is 24.0 Å². The van der Waals surface area contributed by atoms with Crippen LogP contribution in [0, 0.1) is 0 Å². The normalized spacial score (nSPS) is 12.7. The van der Waals surface area contributed by atoms with Gasteiger partial charge in [0.2, 0.25) is 5.91 Å². The smallest absolute Gasteiger partial charge is 0.328 e. The van der Waals surface area contributed by atoms with Gasteiger partial charge in [0.1, 0.15) is 30.8 Å². The molecule has 3 amide bonds. The molecule has 0 aliphatic rings. The zero-order valence-electron chi connectivity index (χ0n) is 21.5. The van der Waals surface area contributed by atoms with Crippen molar-refractivity contribution in [2.75, 3.05) is 27.3 Å². The van der Waals surface area contributed by atoms with Gasteiger partial charge < -0.3 is 29.7 Å². The zero-order valence-corrected chi connectivity index (χ0v) is 21.5. The van der Waals surface area contributed by atoms with Crippen molar-refractivity contribution in [3.63, 3.8) is 0 Å². The number of unbranched alkanes of at least 4 members (excludes halogenated alkanes) is 2. The van der Waals surface area contributed by atoms with Crippen LogP contribution in [0.4, 0.5) is 4.79 Å². The van der Waals surface area contributed by atoms with E-state index in [1.54, 1.807) is 20.8 Å². The number of ether oxygens (including phenoxy) is 3. The monoisotopic (exact) mass is 487 g/mol. The molecule has 2 atom stereocenters. The minimum Gasteiger partial charge on any atom is -0.467 e. The topological polar surface area (TPSA) is 140 Å². The molecule has 0 aromatic carbocycles. The van der Waals surface area contributed by atoms with Gasteiger partial charge in [0.25, 0.3) is 0 Å². The first kappa shape index (κ1) is 31.1. The number of carbonyl (C=O) groups is 5. The van der Waals surface area contributed by atoms with Crippen LogP contribution in [0.25, 0.3) is 0 Å². The van der Waals surface area contributed by atoms with E-state index in [4.69, 9.17) is 14.2 Å². The second kappa shape index (κ2) is 15.9. The molecular formula is C23H41N3O8.